The van der Waals surface area contributed by atoms with Crippen molar-refractivity contribution >= 4 is 64.2 Å². The van der Waals surface area contributed by atoms with Crippen LogP contribution in [0.25, 0.3) is 54.7 Å². The summed E-state index contributed by atoms with van der Waals surface area (Å²) < 4.78 is 1.79. The molecule has 0 saturated heterocycles. The second-order valence-corrected chi connectivity index (χ2v) is 9.36. The highest BCUT2D eigenvalue weighted by atomic mass is 79.9. The molecule has 1 heterocycles. The standard InChI is InChI=1S/C29H17Br2N/c30-27-23-16-8-9-17-24(23)28(32-29(27)31)26-21-14-6-4-12-19(21)25(18-10-2-1-3-11-18)20-13-5-7-15-22(20)26/h1-17H. The van der Waals surface area contributed by atoms with Gasteiger partial charge in [0.1, 0.15) is 4.60 Å². The molecule has 32 heavy (non-hydrogen) atoms. The molecule has 152 valence electrons. The number of nitrogens with zero attached hydrogens (tertiary/aromatic N) is 1. The molecule has 0 bridgehead atoms. The van der Waals surface area contributed by atoms with Gasteiger partial charge >= 0.3 is 0 Å². The lowest BCUT2D eigenvalue weighted by atomic mass is 9.86. The average Bonchev–Trinajstić information content (AvgIpc) is 2.85. The molecule has 0 spiro atoms. The minimum absolute atomic E-state index is 0.812. The van der Waals surface area contributed by atoms with Crippen LogP contribution in [0.3, 0.4) is 0 Å². The Bertz CT molecular complexity index is 1580. The van der Waals surface area contributed by atoms with Gasteiger partial charge in [0, 0.05) is 16.3 Å². The monoisotopic (exact) mass is 537 g/mol. The maximum atomic E-state index is 5.04. The highest BCUT2D eigenvalue weighted by molar-refractivity contribution is 9.13. The van der Waals surface area contributed by atoms with Crippen molar-refractivity contribution in [2.45, 2.75) is 0 Å². The second kappa shape index (κ2) is 7.84. The van der Waals surface area contributed by atoms with Gasteiger partial charge in [-0.25, -0.2) is 4.98 Å². The van der Waals surface area contributed by atoms with Gasteiger partial charge in [-0.2, -0.15) is 0 Å². The van der Waals surface area contributed by atoms with Crippen molar-refractivity contribution in [3.05, 3.63) is 112 Å². The summed E-state index contributed by atoms with van der Waals surface area (Å²) in [5.74, 6) is 0. The first kappa shape index (κ1) is 19.7. The van der Waals surface area contributed by atoms with Crippen molar-refractivity contribution in [1.29, 1.82) is 0 Å². The number of aromatic nitrogens is 1. The molecule has 0 unspecified atom stereocenters. The van der Waals surface area contributed by atoms with Gasteiger partial charge in [-0.3, -0.25) is 0 Å². The van der Waals surface area contributed by atoms with E-state index >= 15 is 0 Å². The molecule has 0 aliphatic carbocycles. The summed E-state index contributed by atoms with van der Waals surface area (Å²) in [4.78, 5) is 5.04. The number of fused-ring (bicyclic) bond motifs is 3. The summed E-state index contributed by atoms with van der Waals surface area (Å²) in [5, 5.41) is 7.15. The summed E-state index contributed by atoms with van der Waals surface area (Å²) >= 11 is 7.41. The van der Waals surface area contributed by atoms with Gasteiger partial charge in [-0.1, -0.05) is 103 Å². The van der Waals surface area contributed by atoms with Crippen LogP contribution in [0.5, 0.6) is 0 Å². The molecule has 3 heteroatoms. The van der Waals surface area contributed by atoms with Crippen LogP contribution in [-0.4, -0.2) is 4.98 Å². The highest BCUT2D eigenvalue weighted by Gasteiger charge is 2.20. The Labute approximate surface area is 203 Å². The number of halogens is 2. The number of hydrogen-bond acceptors (Lipinski definition) is 1. The van der Waals surface area contributed by atoms with Gasteiger partial charge in [0.05, 0.1) is 10.2 Å². The Kier molecular flexibility index (Phi) is 4.82. The molecule has 0 aliphatic rings. The first-order valence-electron chi connectivity index (χ1n) is 10.5. The molecule has 0 amide bonds. The molecule has 0 radical (unpaired) electrons. The smallest absolute Gasteiger partial charge is 0.121 e. The molecule has 6 rings (SSSR count). The fourth-order valence-corrected chi connectivity index (χ4v) is 5.51. The van der Waals surface area contributed by atoms with E-state index in [1.165, 1.54) is 38.2 Å². The van der Waals surface area contributed by atoms with E-state index in [9.17, 15) is 0 Å². The van der Waals surface area contributed by atoms with Crippen molar-refractivity contribution in [2.24, 2.45) is 0 Å². The molecule has 1 nitrogen and oxygen atoms in total. The topological polar surface area (TPSA) is 12.9 Å². The third-order valence-corrected chi connectivity index (χ3v) is 7.95. The van der Waals surface area contributed by atoms with E-state index in [2.05, 4.69) is 135 Å². The number of rotatable bonds is 2. The molecule has 0 saturated carbocycles. The fourth-order valence-electron chi connectivity index (χ4n) is 4.69. The SMILES string of the molecule is Brc1nc(-c2c3ccccc3c(-c3ccccc3)c3ccccc23)c2ccccc2c1Br. The minimum atomic E-state index is 0.812. The summed E-state index contributed by atoms with van der Waals surface area (Å²) in [5.41, 5.74) is 4.64. The fraction of sp³-hybridized carbons (Fsp3) is 0. The van der Waals surface area contributed by atoms with Gasteiger partial charge in [-0.05, 0) is 64.5 Å². The van der Waals surface area contributed by atoms with Gasteiger partial charge in [-0.15, -0.1) is 0 Å². The van der Waals surface area contributed by atoms with Crippen LogP contribution in [0.4, 0.5) is 0 Å². The first-order chi connectivity index (χ1) is 15.7. The minimum Gasteiger partial charge on any atom is -0.239 e. The Morgan fingerprint density at radius 2 is 0.875 bits per heavy atom. The van der Waals surface area contributed by atoms with Crippen LogP contribution < -0.4 is 0 Å². The van der Waals surface area contributed by atoms with Crippen molar-refractivity contribution < 1.29 is 0 Å². The Balaban J connectivity index is 1.86. The molecule has 0 N–H and O–H groups in total. The van der Waals surface area contributed by atoms with Crippen LogP contribution in [0.2, 0.25) is 0 Å². The van der Waals surface area contributed by atoms with E-state index in [0.717, 1.165) is 25.5 Å². The predicted octanol–water partition coefficient (Wildman–Crippen LogP) is 9.40. The Morgan fingerprint density at radius 1 is 0.438 bits per heavy atom. The van der Waals surface area contributed by atoms with Crippen LogP contribution in [0.1, 0.15) is 0 Å². The van der Waals surface area contributed by atoms with Crippen LogP contribution in [0.15, 0.2) is 112 Å². The van der Waals surface area contributed by atoms with Crippen molar-refractivity contribution in [2.75, 3.05) is 0 Å². The van der Waals surface area contributed by atoms with Gasteiger partial charge in [0.15, 0.2) is 0 Å². The third kappa shape index (κ3) is 3.00. The zero-order chi connectivity index (χ0) is 21.7. The van der Waals surface area contributed by atoms with E-state index in [4.69, 9.17) is 4.98 Å². The van der Waals surface area contributed by atoms with Crippen molar-refractivity contribution in [1.82, 2.24) is 4.98 Å². The summed E-state index contributed by atoms with van der Waals surface area (Å²) in [7, 11) is 0. The van der Waals surface area contributed by atoms with E-state index in [1.54, 1.807) is 0 Å². The molecule has 0 aliphatic heterocycles. The Morgan fingerprint density at radius 3 is 1.44 bits per heavy atom. The van der Waals surface area contributed by atoms with Gasteiger partial charge in [0.2, 0.25) is 0 Å². The largest absolute Gasteiger partial charge is 0.239 e. The third-order valence-electron chi connectivity index (χ3n) is 6.04. The average molecular weight is 539 g/mol. The zero-order valence-corrected chi connectivity index (χ0v) is 20.2. The lowest BCUT2D eigenvalue weighted by Gasteiger charge is -2.18. The lowest BCUT2D eigenvalue weighted by Crippen LogP contribution is -1.94. The normalized spacial score (nSPS) is 11.4. The molecule has 6 aromatic rings. The van der Waals surface area contributed by atoms with Crippen LogP contribution >= 0.6 is 31.9 Å². The molecular formula is C29H17Br2N. The van der Waals surface area contributed by atoms with Crippen molar-refractivity contribution in [3.8, 4) is 22.4 Å². The lowest BCUT2D eigenvalue weighted by molar-refractivity contribution is 1.30. The summed E-state index contributed by atoms with van der Waals surface area (Å²) in [6, 6.07) is 36.5. The maximum Gasteiger partial charge on any atom is 0.121 e. The van der Waals surface area contributed by atoms with E-state index in [-0.39, 0.29) is 0 Å². The summed E-state index contributed by atoms with van der Waals surface area (Å²) in [6.07, 6.45) is 0. The quantitative estimate of drug-likeness (QED) is 0.158. The molecule has 0 fully saturated rings. The number of pyridine rings is 1. The number of benzene rings is 5. The predicted molar refractivity (Wildman–Crippen MR) is 143 cm³/mol. The van der Waals surface area contributed by atoms with E-state index in [0.29, 0.717) is 0 Å². The van der Waals surface area contributed by atoms with Gasteiger partial charge < -0.3 is 0 Å². The van der Waals surface area contributed by atoms with Crippen LogP contribution in [-0.2, 0) is 0 Å². The molecule has 5 aromatic carbocycles. The first-order valence-corrected chi connectivity index (χ1v) is 12.1. The maximum absolute atomic E-state index is 5.04. The zero-order valence-electron chi connectivity index (χ0n) is 17.0. The van der Waals surface area contributed by atoms with Crippen molar-refractivity contribution in [3.63, 3.8) is 0 Å². The summed E-state index contributed by atoms with van der Waals surface area (Å²) in [6.45, 7) is 0. The van der Waals surface area contributed by atoms with E-state index < -0.39 is 0 Å². The Hall–Kier alpha value is -3.01. The molecule has 1 aromatic heterocycles. The highest BCUT2D eigenvalue weighted by Crippen LogP contribution is 2.45. The van der Waals surface area contributed by atoms with Crippen LogP contribution in [0, 0.1) is 0 Å². The van der Waals surface area contributed by atoms with E-state index in [1.807, 2.05) is 0 Å². The molecule has 0 atom stereocenters. The second-order valence-electron chi connectivity index (χ2n) is 7.82. The van der Waals surface area contributed by atoms with Gasteiger partial charge in [0.25, 0.3) is 0 Å². The number of hydrogen-bond donors (Lipinski definition) is 0. The molecular weight excluding hydrogens is 522 g/mol.